The molecule has 1 aliphatic rings. The third-order valence-electron chi connectivity index (χ3n) is 7.67. The van der Waals surface area contributed by atoms with E-state index in [1.54, 1.807) is 24.7 Å². The van der Waals surface area contributed by atoms with Crippen molar-refractivity contribution in [2.45, 2.75) is 26.5 Å². The van der Waals surface area contributed by atoms with E-state index < -0.39 is 12.0 Å². The lowest BCUT2D eigenvalue weighted by molar-refractivity contribution is -0.138. The monoisotopic (exact) mass is 724 g/mol. The normalized spacial score (nSPS) is 14.2. The molecule has 6 rings (SSSR count). The Balaban J connectivity index is 1.46. The van der Waals surface area contributed by atoms with E-state index in [4.69, 9.17) is 23.9 Å². The fourth-order valence-electron chi connectivity index (χ4n) is 5.46. The Labute approximate surface area is 290 Å². The number of methoxy groups -OCH3 is 1. The van der Waals surface area contributed by atoms with Gasteiger partial charge in [-0.2, -0.15) is 0 Å². The number of rotatable bonds is 11. The van der Waals surface area contributed by atoms with Gasteiger partial charge in [0.05, 0.1) is 42.2 Å². The summed E-state index contributed by atoms with van der Waals surface area (Å²) in [5.41, 5.74) is 3.73. The summed E-state index contributed by atoms with van der Waals surface area (Å²) in [5, 5.41) is 0. The number of fused-ring (bicyclic) bond motifs is 1. The molecule has 2 heterocycles. The molecule has 0 amide bonds. The first-order valence-electron chi connectivity index (χ1n) is 15.5. The second-order valence-electron chi connectivity index (χ2n) is 10.8. The van der Waals surface area contributed by atoms with Crippen molar-refractivity contribution >= 4 is 45.0 Å². The van der Waals surface area contributed by atoms with Gasteiger partial charge in [-0.1, -0.05) is 87.9 Å². The molecule has 4 aromatic carbocycles. The van der Waals surface area contributed by atoms with Crippen molar-refractivity contribution in [1.29, 1.82) is 0 Å². The number of carbonyl (C=O) groups is 1. The van der Waals surface area contributed by atoms with Crippen LogP contribution in [0.25, 0.3) is 11.8 Å². The summed E-state index contributed by atoms with van der Waals surface area (Å²) >= 11 is 4.71. The number of thiazole rings is 1. The molecule has 0 spiro atoms. The summed E-state index contributed by atoms with van der Waals surface area (Å²) in [4.78, 5) is 33.4. The average Bonchev–Trinajstić information content (AvgIpc) is 3.42. The second-order valence-corrected chi connectivity index (χ2v) is 12.7. The summed E-state index contributed by atoms with van der Waals surface area (Å²) in [6, 6.07) is 29.6. The molecule has 0 unspecified atom stereocenters. The smallest absolute Gasteiger partial charge is 0.338 e. The highest BCUT2D eigenvalue weighted by atomic mass is 79.9. The Morgan fingerprint density at radius 1 is 0.917 bits per heavy atom. The summed E-state index contributed by atoms with van der Waals surface area (Å²) in [6.07, 6.45) is 1.80. The molecule has 48 heavy (non-hydrogen) atoms. The van der Waals surface area contributed by atoms with Gasteiger partial charge in [0.2, 0.25) is 0 Å². The molecular weight excluding hydrogens is 692 g/mol. The van der Waals surface area contributed by atoms with Crippen LogP contribution in [0.4, 0.5) is 0 Å². The van der Waals surface area contributed by atoms with Gasteiger partial charge in [-0.15, -0.1) is 0 Å². The minimum absolute atomic E-state index is 0.176. The Morgan fingerprint density at radius 2 is 1.67 bits per heavy atom. The van der Waals surface area contributed by atoms with Gasteiger partial charge in [0.1, 0.15) is 12.4 Å². The molecule has 8 nitrogen and oxygen atoms in total. The Morgan fingerprint density at radius 3 is 2.35 bits per heavy atom. The maximum Gasteiger partial charge on any atom is 0.338 e. The molecule has 0 radical (unpaired) electrons. The molecule has 1 atom stereocenters. The van der Waals surface area contributed by atoms with Crippen LogP contribution in [0.5, 0.6) is 17.2 Å². The number of ether oxygens (including phenoxy) is 4. The third-order valence-corrected chi connectivity index (χ3v) is 9.19. The van der Waals surface area contributed by atoms with Gasteiger partial charge in [0.25, 0.3) is 5.56 Å². The van der Waals surface area contributed by atoms with Crippen LogP contribution in [0.2, 0.25) is 0 Å². The minimum atomic E-state index is -0.780. The molecule has 10 heteroatoms. The molecule has 244 valence electrons. The van der Waals surface area contributed by atoms with Crippen molar-refractivity contribution in [2.24, 2.45) is 4.99 Å². The predicted octanol–water partition coefficient (Wildman–Crippen LogP) is 6.68. The van der Waals surface area contributed by atoms with Gasteiger partial charge in [-0.3, -0.25) is 9.36 Å². The van der Waals surface area contributed by atoms with E-state index in [9.17, 15) is 9.59 Å². The first kappa shape index (κ1) is 33.0. The lowest BCUT2D eigenvalue weighted by Crippen LogP contribution is -2.40. The number of benzene rings is 4. The molecular formula is C38H33BrN2O6S. The first-order chi connectivity index (χ1) is 23.4. The number of hydrogen-bond acceptors (Lipinski definition) is 8. The third kappa shape index (κ3) is 7.00. The van der Waals surface area contributed by atoms with Crippen molar-refractivity contribution in [2.75, 3.05) is 20.3 Å². The van der Waals surface area contributed by atoms with Gasteiger partial charge in [-0.05, 0) is 73.0 Å². The molecule has 5 aromatic rings. The highest BCUT2D eigenvalue weighted by molar-refractivity contribution is 9.10. The second kappa shape index (κ2) is 14.9. The molecule has 1 aromatic heterocycles. The number of halogens is 1. The minimum Gasteiger partial charge on any atom is -0.494 e. The molecule has 0 aliphatic carbocycles. The molecule has 1 aliphatic heterocycles. The molecule has 0 fully saturated rings. The van der Waals surface area contributed by atoms with Crippen molar-refractivity contribution in [3.05, 3.63) is 149 Å². The zero-order valence-corrected chi connectivity index (χ0v) is 29.0. The van der Waals surface area contributed by atoms with E-state index in [0.717, 1.165) is 26.7 Å². The van der Waals surface area contributed by atoms with E-state index in [-0.39, 0.29) is 12.2 Å². The topological polar surface area (TPSA) is 88.4 Å². The zero-order valence-electron chi connectivity index (χ0n) is 26.6. The SMILES string of the molecule is CCOC(=O)C1=C(c2ccccc2)N=c2s/c(=C\c3ccc(OCc4ccc(Br)cc4)c(OC)c3)c(=O)n2[C@@H]1c1ccc(OCC)cc1. The molecule has 0 N–H and O–H groups in total. The van der Waals surface area contributed by atoms with E-state index in [1.165, 1.54) is 11.3 Å². The van der Waals surface area contributed by atoms with E-state index in [2.05, 4.69) is 15.9 Å². The van der Waals surface area contributed by atoms with Crippen LogP contribution >= 0.6 is 27.3 Å². The van der Waals surface area contributed by atoms with Crippen LogP contribution in [-0.2, 0) is 16.1 Å². The fourth-order valence-corrected chi connectivity index (χ4v) is 6.72. The van der Waals surface area contributed by atoms with Crippen molar-refractivity contribution in [3.8, 4) is 17.2 Å². The standard InChI is InChI=1S/C38H33BrN2O6S/c1-4-45-29-18-14-27(15-19-29)35-33(37(43)46-5-2)34(26-9-7-6-8-10-26)40-38-41(35)36(42)32(48-38)22-25-13-20-30(31(21-25)44-3)47-23-24-11-16-28(39)17-12-24/h6-22,35H,4-5,23H2,1-3H3/b32-22-/t35-/m1/s1. The number of carbonyl (C=O) groups excluding carboxylic acids is 1. The molecule has 0 saturated heterocycles. The maximum absolute atomic E-state index is 14.3. The number of aromatic nitrogens is 1. The first-order valence-corrected chi connectivity index (χ1v) is 17.1. The van der Waals surface area contributed by atoms with E-state index in [1.807, 2.05) is 104 Å². The number of nitrogens with zero attached hydrogens (tertiary/aromatic N) is 2. The largest absolute Gasteiger partial charge is 0.494 e. The maximum atomic E-state index is 14.3. The summed E-state index contributed by atoms with van der Waals surface area (Å²) < 4.78 is 26.0. The van der Waals surface area contributed by atoms with Crippen LogP contribution in [0.15, 0.2) is 117 Å². The number of esters is 1. The Bertz CT molecular complexity index is 2140. The van der Waals surface area contributed by atoms with Gasteiger partial charge < -0.3 is 18.9 Å². The van der Waals surface area contributed by atoms with Crippen LogP contribution < -0.4 is 29.1 Å². The Hall–Kier alpha value is -4.93. The predicted molar refractivity (Wildman–Crippen MR) is 190 cm³/mol. The highest BCUT2D eigenvalue weighted by Gasteiger charge is 2.35. The lowest BCUT2D eigenvalue weighted by Gasteiger charge is -2.26. The van der Waals surface area contributed by atoms with E-state index in [0.29, 0.717) is 51.1 Å². The van der Waals surface area contributed by atoms with Crippen molar-refractivity contribution in [3.63, 3.8) is 0 Å². The van der Waals surface area contributed by atoms with Gasteiger partial charge >= 0.3 is 5.97 Å². The van der Waals surface area contributed by atoms with Crippen LogP contribution in [-0.4, -0.2) is 30.9 Å². The van der Waals surface area contributed by atoms with Gasteiger partial charge in [0, 0.05) is 10.0 Å². The van der Waals surface area contributed by atoms with Gasteiger partial charge in [0.15, 0.2) is 16.3 Å². The van der Waals surface area contributed by atoms with Gasteiger partial charge in [-0.25, -0.2) is 9.79 Å². The zero-order chi connectivity index (χ0) is 33.6. The quantitative estimate of drug-likeness (QED) is 0.141. The van der Waals surface area contributed by atoms with Crippen LogP contribution in [0.3, 0.4) is 0 Å². The fraction of sp³-hybridized carbons (Fsp3) is 0.184. The summed E-state index contributed by atoms with van der Waals surface area (Å²) in [7, 11) is 1.58. The molecule has 0 saturated carbocycles. The average molecular weight is 726 g/mol. The lowest BCUT2D eigenvalue weighted by atomic mass is 9.93. The van der Waals surface area contributed by atoms with Crippen LogP contribution in [0.1, 0.15) is 42.1 Å². The summed E-state index contributed by atoms with van der Waals surface area (Å²) in [6.45, 7) is 4.74. The number of hydrogen-bond donors (Lipinski definition) is 0. The van der Waals surface area contributed by atoms with Crippen LogP contribution in [0, 0.1) is 0 Å². The molecule has 0 bridgehead atoms. The van der Waals surface area contributed by atoms with Crippen molar-refractivity contribution < 1.29 is 23.7 Å². The highest BCUT2D eigenvalue weighted by Crippen LogP contribution is 2.36. The Kier molecular flexibility index (Phi) is 10.2. The van der Waals surface area contributed by atoms with Crippen molar-refractivity contribution in [1.82, 2.24) is 4.57 Å². The summed E-state index contributed by atoms with van der Waals surface area (Å²) in [5.74, 6) is 1.28. The van der Waals surface area contributed by atoms with E-state index >= 15 is 0 Å².